The van der Waals surface area contributed by atoms with Crippen molar-refractivity contribution in [3.05, 3.63) is 77.9 Å². The van der Waals surface area contributed by atoms with Crippen molar-refractivity contribution >= 4 is 23.2 Å². The topological polar surface area (TPSA) is 66.9 Å². The van der Waals surface area contributed by atoms with Crippen molar-refractivity contribution in [2.75, 3.05) is 10.6 Å². The molecule has 0 unspecified atom stereocenters. The SMILES string of the molecule is CC(C)(C)c1ccc(NC(=O)c2ccnc(Nc3cccc(F)c3)n2)cc1. The Kier molecular flexibility index (Phi) is 5.16. The summed E-state index contributed by atoms with van der Waals surface area (Å²) in [6.45, 7) is 6.40. The van der Waals surface area contributed by atoms with E-state index in [9.17, 15) is 9.18 Å². The normalized spacial score (nSPS) is 11.1. The average molecular weight is 364 g/mol. The Bertz CT molecular complexity index is 949. The van der Waals surface area contributed by atoms with Crippen LogP contribution in [0.1, 0.15) is 36.8 Å². The van der Waals surface area contributed by atoms with Crippen LogP contribution in [0.2, 0.25) is 0 Å². The Labute approximate surface area is 157 Å². The maximum atomic E-state index is 13.3. The van der Waals surface area contributed by atoms with E-state index in [2.05, 4.69) is 41.4 Å². The number of nitrogens with zero attached hydrogens (tertiary/aromatic N) is 2. The third-order valence-electron chi connectivity index (χ3n) is 3.98. The minimum atomic E-state index is -0.368. The van der Waals surface area contributed by atoms with Crippen LogP contribution in [-0.4, -0.2) is 15.9 Å². The molecule has 0 fully saturated rings. The van der Waals surface area contributed by atoms with Gasteiger partial charge in [0.1, 0.15) is 11.5 Å². The number of benzene rings is 2. The molecular weight excluding hydrogens is 343 g/mol. The monoisotopic (exact) mass is 364 g/mol. The van der Waals surface area contributed by atoms with E-state index >= 15 is 0 Å². The van der Waals surface area contributed by atoms with Crippen molar-refractivity contribution in [2.45, 2.75) is 26.2 Å². The lowest BCUT2D eigenvalue weighted by Crippen LogP contribution is -2.15. The lowest BCUT2D eigenvalue weighted by atomic mass is 9.87. The molecule has 0 spiro atoms. The molecule has 1 aromatic heterocycles. The van der Waals surface area contributed by atoms with Gasteiger partial charge in [0.2, 0.25) is 5.95 Å². The summed E-state index contributed by atoms with van der Waals surface area (Å²) in [7, 11) is 0. The van der Waals surface area contributed by atoms with E-state index in [-0.39, 0.29) is 28.8 Å². The van der Waals surface area contributed by atoms with Crippen LogP contribution < -0.4 is 10.6 Å². The average Bonchev–Trinajstić information content (AvgIpc) is 2.62. The van der Waals surface area contributed by atoms with Gasteiger partial charge in [-0.2, -0.15) is 0 Å². The number of halogens is 1. The molecule has 6 heteroatoms. The standard InChI is InChI=1S/C21H21FN4O/c1-21(2,3)14-7-9-16(10-8-14)24-19(27)18-11-12-23-20(26-18)25-17-6-4-5-15(22)13-17/h4-13H,1-3H3,(H,24,27)(H,23,25,26). The first-order valence-electron chi connectivity index (χ1n) is 8.59. The number of amides is 1. The highest BCUT2D eigenvalue weighted by Gasteiger charge is 2.14. The lowest BCUT2D eigenvalue weighted by molar-refractivity contribution is 0.102. The predicted molar refractivity (Wildman–Crippen MR) is 105 cm³/mol. The van der Waals surface area contributed by atoms with Gasteiger partial charge in [-0.05, 0) is 47.4 Å². The number of carbonyl (C=O) groups excluding carboxylic acids is 1. The molecular formula is C21H21FN4O. The molecule has 3 rings (SSSR count). The molecule has 0 atom stereocenters. The molecule has 0 bridgehead atoms. The molecule has 2 aromatic carbocycles. The number of aromatic nitrogens is 2. The molecule has 0 aliphatic heterocycles. The lowest BCUT2D eigenvalue weighted by Gasteiger charge is -2.19. The Hall–Kier alpha value is -3.28. The highest BCUT2D eigenvalue weighted by Crippen LogP contribution is 2.23. The third-order valence-corrected chi connectivity index (χ3v) is 3.98. The fourth-order valence-electron chi connectivity index (χ4n) is 2.49. The molecule has 0 aliphatic rings. The van der Waals surface area contributed by atoms with Gasteiger partial charge in [0.05, 0.1) is 0 Å². The molecule has 138 valence electrons. The smallest absolute Gasteiger partial charge is 0.274 e. The van der Waals surface area contributed by atoms with Gasteiger partial charge in [0.15, 0.2) is 0 Å². The van der Waals surface area contributed by atoms with Crippen molar-refractivity contribution in [1.82, 2.24) is 9.97 Å². The second-order valence-corrected chi connectivity index (χ2v) is 7.18. The largest absolute Gasteiger partial charge is 0.324 e. The van der Waals surface area contributed by atoms with E-state index in [4.69, 9.17) is 0 Å². The van der Waals surface area contributed by atoms with Gasteiger partial charge < -0.3 is 10.6 Å². The van der Waals surface area contributed by atoms with Gasteiger partial charge in [-0.15, -0.1) is 0 Å². The summed E-state index contributed by atoms with van der Waals surface area (Å²) < 4.78 is 13.3. The van der Waals surface area contributed by atoms with Crippen LogP contribution in [0.5, 0.6) is 0 Å². The summed E-state index contributed by atoms with van der Waals surface area (Å²) in [6.07, 6.45) is 1.48. The highest BCUT2D eigenvalue weighted by molar-refractivity contribution is 6.03. The van der Waals surface area contributed by atoms with E-state index in [0.717, 1.165) is 0 Å². The first-order chi connectivity index (χ1) is 12.8. The minimum Gasteiger partial charge on any atom is -0.324 e. The van der Waals surface area contributed by atoms with Crippen molar-refractivity contribution in [2.24, 2.45) is 0 Å². The van der Waals surface area contributed by atoms with E-state index < -0.39 is 0 Å². The van der Waals surface area contributed by atoms with Crippen molar-refractivity contribution in [3.8, 4) is 0 Å². The molecule has 0 aliphatic carbocycles. The summed E-state index contributed by atoms with van der Waals surface area (Å²) in [6, 6.07) is 15.2. The van der Waals surface area contributed by atoms with Gasteiger partial charge >= 0.3 is 0 Å². The van der Waals surface area contributed by atoms with Crippen LogP contribution in [0.3, 0.4) is 0 Å². The predicted octanol–water partition coefficient (Wildman–Crippen LogP) is 4.91. The van der Waals surface area contributed by atoms with Crippen LogP contribution in [0.4, 0.5) is 21.7 Å². The fourth-order valence-corrected chi connectivity index (χ4v) is 2.49. The molecule has 1 amide bonds. The van der Waals surface area contributed by atoms with Gasteiger partial charge in [-0.3, -0.25) is 4.79 Å². The minimum absolute atomic E-state index is 0.0483. The Morgan fingerprint density at radius 1 is 1.00 bits per heavy atom. The zero-order valence-electron chi connectivity index (χ0n) is 15.5. The van der Waals surface area contributed by atoms with Gasteiger partial charge in [-0.25, -0.2) is 14.4 Å². The van der Waals surface area contributed by atoms with E-state index in [0.29, 0.717) is 11.4 Å². The molecule has 27 heavy (non-hydrogen) atoms. The van der Waals surface area contributed by atoms with Gasteiger partial charge in [0, 0.05) is 17.6 Å². The number of hydrogen-bond donors (Lipinski definition) is 2. The first kappa shape index (κ1) is 18.5. The van der Waals surface area contributed by atoms with E-state index in [1.54, 1.807) is 12.1 Å². The molecule has 0 radical (unpaired) electrons. The Balaban J connectivity index is 1.72. The van der Waals surface area contributed by atoms with Crippen molar-refractivity contribution in [1.29, 1.82) is 0 Å². The molecule has 3 aromatic rings. The maximum absolute atomic E-state index is 13.3. The van der Waals surface area contributed by atoms with Crippen LogP contribution in [0.15, 0.2) is 60.8 Å². The maximum Gasteiger partial charge on any atom is 0.274 e. The van der Waals surface area contributed by atoms with Crippen molar-refractivity contribution in [3.63, 3.8) is 0 Å². The first-order valence-corrected chi connectivity index (χ1v) is 8.59. The molecule has 0 saturated carbocycles. The number of nitrogens with one attached hydrogen (secondary N) is 2. The zero-order valence-corrected chi connectivity index (χ0v) is 15.5. The molecule has 2 N–H and O–H groups in total. The van der Waals surface area contributed by atoms with Crippen LogP contribution in [0.25, 0.3) is 0 Å². The molecule has 1 heterocycles. The summed E-state index contributed by atoms with van der Waals surface area (Å²) in [5.41, 5.74) is 2.64. The van der Waals surface area contributed by atoms with Gasteiger partial charge in [0.25, 0.3) is 5.91 Å². The summed E-state index contributed by atoms with van der Waals surface area (Å²) in [5, 5.41) is 5.71. The number of anilines is 3. The second kappa shape index (κ2) is 7.53. The Morgan fingerprint density at radius 3 is 2.41 bits per heavy atom. The van der Waals surface area contributed by atoms with E-state index in [1.807, 2.05) is 24.3 Å². The summed E-state index contributed by atoms with van der Waals surface area (Å²) in [5.74, 6) is -0.493. The quantitative estimate of drug-likeness (QED) is 0.690. The number of carbonyl (C=O) groups is 1. The third kappa shape index (κ3) is 4.88. The second-order valence-electron chi connectivity index (χ2n) is 7.18. The summed E-state index contributed by atoms with van der Waals surface area (Å²) >= 11 is 0. The zero-order chi connectivity index (χ0) is 19.4. The number of hydrogen-bond acceptors (Lipinski definition) is 4. The summed E-state index contributed by atoms with van der Waals surface area (Å²) in [4.78, 5) is 20.7. The molecule has 5 nitrogen and oxygen atoms in total. The molecule has 0 saturated heterocycles. The van der Waals surface area contributed by atoms with Crippen LogP contribution in [0, 0.1) is 5.82 Å². The number of rotatable bonds is 4. The van der Waals surface area contributed by atoms with Gasteiger partial charge in [-0.1, -0.05) is 39.0 Å². The van der Waals surface area contributed by atoms with Crippen molar-refractivity contribution < 1.29 is 9.18 Å². The highest BCUT2D eigenvalue weighted by atomic mass is 19.1. The Morgan fingerprint density at radius 2 is 1.74 bits per heavy atom. The van der Waals surface area contributed by atoms with E-state index in [1.165, 1.54) is 30.0 Å². The van der Waals surface area contributed by atoms with Crippen LogP contribution in [-0.2, 0) is 5.41 Å². The van der Waals surface area contributed by atoms with Crippen LogP contribution >= 0.6 is 0 Å². The fraction of sp³-hybridized carbons (Fsp3) is 0.190.